The van der Waals surface area contributed by atoms with Crippen LogP contribution in [0.2, 0.25) is 0 Å². The minimum atomic E-state index is -0.100. The number of aromatic nitrogens is 2. The minimum absolute atomic E-state index is 0. The molecule has 1 aromatic heterocycles. The van der Waals surface area contributed by atoms with E-state index < -0.39 is 0 Å². The first kappa shape index (κ1) is 19.8. The van der Waals surface area contributed by atoms with Crippen LogP contribution in [0.5, 0.6) is 0 Å². The summed E-state index contributed by atoms with van der Waals surface area (Å²) >= 11 is 0. The summed E-state index contributed by atoms with van der Waals surface area (Å²) in [6, 6.07) is 8.03. The lowest BCUT2D eigenvalue weighted by molar-refractivity contribution is 0.0710. The average Bonchev–Trinajstić information content (AvgIpc) is 3.31. The molecule has 1 aromatic carbocycles. The van der Waals surface area contributed by atoms with E-state index in [4.69, 9.17) is 4.52 Å². The van der Waals surface area contributed by atoms with Crippen LogP contribution in [0.25, 0.3) is 0 Å². The summed E-state index contributed by atoms with van der Waals surface area (Å²) in [6.07, 6.45) is 5.32. The maximum atomic E-state index is 13.1. The molecule has 0 radical (unpaired) electrons. The number of nitrogens with zero attached hydrogens (tertiary/aromatic N) is 3. The van der Waals surface area contributed by atoms with E-state index in [1.54, 1.807) is 6.92 Å². The van der Waals surface area contributed by atoms with Gasteiger partial charge in [-0.2, -0.15) is 4.98 Å². The third-order valence-electron chi connectivity index (χ3n) is 5.50. The molecular weight excluding hydrogens is 364 g/mol. The maximum absolute atomic E-state index is 13.1. The van der Waals surface area contributed by atoms with Gasteiger partial charge in [-0.15, -0.1) is 12.4 Å². The standard InChI is InChI=1S/C20H26N4O2.ClH/c1-14-22-19(26-23-14)18-6-3-11-24(18)20(25)17-5-2-4-16(13-17)12-15-7-9-21-10-8-15;/h2,4-5,13,15,18,21H,3,6-12H2,1H3;1H. The Morgan fingerprint density at radius 1 is 1.30 bits per heavy atom. The van der Waals surface area contributed by atoms with E-state index in [2.05, 4.69) is 27.6 Å². The molecule has 1 N–H and O–H groups in total. The van der Waals surface area contributed by atoms with Gasteiger partial charge >= 0.3 is 0 Å². The fourth-order valence-electron chi connectivity index (χ4n) is 4.13. The Kier molecular flexibility index (Phi) is 6.50. The van der Waals surface area contributed by atoms with Crippen LogP contribution in [-0.2, 0) is 6.42 Å². The van der Waals surface area contributed by atoms with Gasteiger partial charge in [0.25, 0.3) is 5.91 Å². The maximum Gasteiger partial charge on any atom is 0.254 e. The second kappa shape index (κ2) is 8.85. The van der Waals surface area contributed by atoms with Crippen LogP contribution in [0.3, 0.4) is 0 Å². The number of rotatable bonds is 4. The van der Waals surface area contributed by atoms with E-state index in [0.29, 0.717) is 17.6 Å². The molecule has 2 aliphatic heterocycles. The van der Waals surface area contributed by atoms with E-state index in [9.17, 15) is 4.79 Å². The molecule has 4 rings (SSSR count). The zero-order valence-corrected chi connectivity index (χ0v) is 16.5. The summed E-state index contributed by atoms with van der Waals surface area (Å²) in [4.78, 5) is 19.3. The van der Waals surface area contributed by atoms with Crippen LogP contribution in [-0.4, -0.2) is 40.6 Å². The average molecular weight is 391 g/mol. The number of benzene rings is 1. The lowest BCUT2D eigenvalue weighted by atomic mass is 9.90. The second-order valence-corrected chi connectivity index (χ2v) is 7.43. The molecule has 146 valence electrons. The van der Waals surface area contributed by atoms with Gasteiger partial charge in [0.2, 0.25) is 5.89 Å². The third kappa shape index (κ3) is 4.50. The SMILES string of the molecule is Cc1noc(C2CCCN2C(=O)c2cccc(CC3CCNCC3)c2)n1.Cl. The molecule has 0 bridgehead atoms. The van der Waals surface area contributed by atoms with Crippen LogP contribution < -0.4 is 5.32 Å². The van der Waals surface area contributed by atoms with E-state index >= 15 is 0 Å². The van der Waals surface area contributed by atoms with Crippen molar-refractivity contribution in [1.29, 1.82) is 0 Å². The van der Waals surface area contributed by atoms with Gasteiger partial charge in [-0.1, -0.05) is 17.3 Å². The lowest BCUT2D eigenvalue weighted by Crippen LogP contribution is -2.31. The largest absolute Gasteiger partial charge is 0.337 e. The highest BCUT2D eigenvalue weighted by atomic mass is 35.5. The molecule has 27 heavy (non-hydrogen) atoms. The van der Waals surface area contributed by atoms with Gasteiger partial charge in [-0.3, -0.25) is 4.79 Å². The van der Waals surface area contributed by atoms with E-state index in [-0.39, 0.29) is 24.4 Å². The first-order valence-electron chi connectivity index (χ1n) is 9.61. The zero-order valence-electron chi connectivity index (χ0n) is 15.7. The van der Waals surface area contributed by atoms with Crippen LogP contribution in [0.15, 0.2) is 28.8 Å². The normalized spacial score (nSPS) is 20.5. The van der Waals surface area contributed by atoms with Gasteiger partial charge in [0, 0.05) is 12.1 Å². The van der Waals surface area contributed by atoms with E-state index in [1.807, 2.05) is 17.0 Å². The van der Waals surface area contributed by atoms with Gasteiger partial charge in [0.1, 0.15) is 6.04 Å². The summed E-state index contributed by atoms with van der Waals surface area (Å²) < 4.78 is 5.33. The topological polar surface area (TPSA) is 71.3 Å². The molecule has 7 heteroatoms. The molecule has 2 aromatic rings. The Morgan fingerprint density at radius 2 is 2.11 bits per heavy atom. The van der Waals surface area contributed by atoms with E-state index in [0.717, 1.165) is 44.5 Å². The quantitative estimate of drug-likeness (QED) is 0.867. The van der Waals surface area contributed by atoms with Crippen molar-refractivity contribution in [3.63, 3.8) is 0 Å². The molecule has 2 fully saturated rings. The van der Waals surface area contributed by atoms with Gasteiger partial charge in [0.15, 0.2) is 5.82 Å². The molecular formula is C20H27ClN4O2. The smallest absolute Gasteiger partial charge is 0.254 e. The minimum Gasteiger partial charge on any atom is -0.337 e. The predicted molar refractivity (Wildman–Crippen MR) is 105 cm³/mol. The number of likely N-dealkylation sites (tertiary alicyclic amines) is 1. The Morgan fingerprint density at radius 3 is 2.85 bits per heavy atom. The molecule has 2 saturated heterocycles. The number of nitrogens with one attached hydrogen (secondary N) is 1. The van der Waals surface area contributed by atoms with Crippen molar-refractivity contribution in [2.45, 2.75) is 45.1 Å². The number of carbonyl (C=O) groups is 1. The highest BCUT2D eigenvalue weighted by Crippen LogP contribution is 2.32. The van der Waals surface area contributed by atoms with Gasteiger partial charge in [0.05, 0.1) is 0 Å². The highest BCUT2D eigenvalue weighted by Gasteiger charge is 2.34. The van der Waals surface area contributed by atoms with Crippen LogP contribution in [0, 0.1) is 12.8 Å². The summed E-state index contributed by atoms with van der Waals surface area (Å²) in [5.74, 6) is 1.94. The highest BCUT2D eigenvalue weighted by molar-refractivity contribution is 5.94. The first-order chi connectivity index (χ1) is 12.7. The van der Waals surface area contributed by atoms with Crippen molar-refractivity contribution in [2.75, 3.05) is 19.6 Å². The Hall–Kier alpha value is -1.92. The van der Waals surface area contributed by atoms with Crippen LogP contribution >= 0.6 is 12.4 Å². The summed E-state index contributed by atoms with van der Waals surface area (Å²) in [6.45, 7) is 4.74. The first-order valence-corrected chi connectivity index (χ1v) is 9.61. The number of carbonyl (C=O) groups excluding carboxylic acids is 1. The number of aryl methyl sites for hydroxylation is 1. The number of amides is 1. The number of hydrogen-bond donors (Lipinski definition) is 1. The second-order valence-electron chi connectivity index (χ2n) is 7.43. The predicted octanol–water partition coefficient (Wildman–Crippen LogP) is 3.32. The molecule has 1 amide bonds. The summed E-state index contributed by atoms with van der Waals surface area (Å²) in [5.41, 5.74) is 2.02. The molecule has 3 heterocycles. The fourth-order valence-corrected chi connectivity index (χ4v) is 4.13. The zero-order chi connectivity index (χ0) is 17.9. The molecule has 0 saturated carbocycles. The van der Waals surface area contributed by atoms with Crippen molar-refractivity contribution in [2.24, 2.45) is 5.92 Å². The summed E-state index contributed by atoms with van der Waals surface area (Å²) in [5, 5.41) is 7.29. The Bertz CT molecular complexity index is 773. The van der Waals surface area contributed by atoms with Crippen LogP contribution in [0.4, 0.5) is 0 Å². The monoisotopic (exact) mass is 390 g/mol. The molecule has 2 aliphatic rings. The van der Waals surface area contributed by atoms with Crippen molar-refractivity contribution in [1.82, 2.24) is 20.4 Å². The number of halogens is 1. The van der Waals surface area contributed by atoms with Crippen molar-refractivity contribution in [3.8, 4) is 0 Å². The molecule has 0 spiro atoms. The number of piperidine rings is 1. The van der Waals surface area contributed by atoms with Crippen molar-refractivity contribution in [3.05, 3.63) is 47.1 Å². The molecule has 1 unspecified atom stereocenters. The van der Waals surface area contributed by atoms with E-state index in [1.165, 1.54) is 18.4 Å². The number of hydrogen-bond acceptors (Lipinski definition) is 5. The summed E-state index contributed by atoms with van der Waals surface area (Å²) in [7, 11) is 0. The van der Waals surface area contributed by atoms with Gasteiger partial charge in [-0.05, 0) is 75.7 Å². The van der Waals surface area contributed by atoms with Gasteiger partial charge < -0.3 is 14.7 Å². The van der Waals surface area contributed by atoms with Crippen molar-refractivity contribution >= 4 is 18.3 Å². The van der Waals surface area contributed by atoms with Crippen molar-refractivity contribution < 1.29 is 9.32 Å². The Balaban J connectivity index is 0.00000210. The molecule has 6 nitrogen and oxygen atoms in total. The molecule has 1 atom stereocenters. The fraction of sp³-hybridized carbons (Fsp3) is 0.550. The lowest BCUT2D eigenvalue weighted by Gasteiger charge is -2.24. The van der Waals surface area contributed by atoms with Crippen LogP contribution in [0.1, 0.15) is 59.4 Å². The third-order valence-corrected chi connectivity index (χ3v) is 5.50. The van der Waals surface area contributed by atoms with Gasteiger partial charge in [-0.25, -0.2) is 0 Å². The Labute approximate surface area is 166 Å². The molecule has 0 aliphatic carbocycles.